The van der Waals surface area contributed by atoms with Crippen LogP contribution in [0.3, 0.4) is 0 Å². The Morgan fingerprint density at radius 1 is 0.379 bits per heavy atom. The zero-order chi connectivity index (χ0) is 20.3. The van der Waals surface area contributed by atoms with Crippen molar-refractivity contribution in [1.29, 1.82) is 0 Å². The summed E-state index contributed by atoms with van der Waals surface area (Å²) in [6, 6.07) is 43.9. The van der Waals surface area contributed by atoms with Crippen LogP contribution in [0.25, 0.3) is 0 Å². The van der Waals surface area contributed by atoms with Gasteiger partial charge in [0.05, 0.1) is 0 Å². The van der Waals surface area contributed by atoms with Crippen LogP contribution in [0.15, 0.2) is 121 Å². The van der Waals surface area contributed by atoms with Crippen molar-refractivity contribution in [1.82, 2.24) is 0 Å². The Balaban J connectivity index is 0.00000117. The minimum absolute atomic E-state index is 0.471. The molecule has 0 saturated carbocycles. The molecule has 0 unspecified atom stereocenters. The summed E-state index contributed by atoms with van der Waals surface area (Å²) in [6.45, 7) is 3.06. The summed E-state index contributed by atoms with van der Waals surface area (Å²) >= 11 is 1.89. The van der Waals surface area contributed by atoms with E-state index in [1.54, 1.807) is 0 Å². The zero-order valence-corrected chi connectivity index (χ0v) is 19.5. The van der Waals surface area contributed by atoms with Crippen LogP contribution >= 0.6 is 13.4 Å². The fourth-order valence-electron chi connectivity index (χ4n) is 2.71. The van der Waals surface area contributed by atoms with Gasteiger partial charge in [0.1, 0.15) is 0 Å². The molecule has 0 spiro atoms. The van der Waals surface area contributed by atoms with Gasteiger partial charge in [-0.05, 0) is 0 Å². The second kappa shape index (κ2) is 12.0. The predicted molar refractivity (Wildman–Crippen MR) is 129 cm³/mol. The van der Waals surface area contributed by atoms with E-state index in [-0.39, 0.29) is 0 Å². The number of rotatable bonds is 6. The molecule has 0 aliphatic rings. The second-order valence-corrected chi connectivity index (χ2v) is 13.9. The quantitative estimate of drug-likeness (QED) is 0.238. The molecule has 0 heterocycles. The van der Waals surface area contributed by atoms with Crippen LogP contribution in [-0.4, -0.2) is 0 Å². The summed E-state index contributed by atoms with van der Waals surface area (Å²) in [4.78, 5) is 0. The molecule has 150 valence electrons. The number of hydrogen-bond donors (Lipinski definition) is 0. The van der Waals surface area contributed by atoms with E-state index in [2.05, 4.69) is 121 Å². The van der Waals surface area contributed by atoms with Gasteiger partial charge in [-0.1, -0.05) is 13.8 Å². The van der Waals surface area contributed by atoms with E-state index in [0.717, 1.165) is 0 Å². The van der Waals surface area contributed by atoms with Crippen molar-refractivity contribution >= 4 is 34.6 Å². The Morgan fingerprint density at radius 3 is 0.793 bits per heavy atom. The van der Waals surface area contributed by atoms with Crippen molar-refractivity contribution < 1.29 is 13.6 Å². The van der Waals surface area contributed by atoms with Gasteiger partial charge in [0.15, 0.2) is 0 Å². The molecule has 4 rings (SSSR count). The SMILES string of the molecule is CC.c1ccc([P]([Ni][P](c2ccccc2)c2ccccc2)c2ccccc2)cc1. The van der Waals surface area contributed by atoms with E-state index in [9.17, 15) is 0 Å². The first-order valence-electron chi connectivity index (χ1n) is 9.82. The molecule has 0 saturated heterocycles. The molecule has 0 fully saturated rings. The zero-order valence-electron chi connectivity index (χ0n) is 16.8. The van der Waals surface area contributed by atoms with Crippen LogP contribution in [0, 0.1) is 0 Å². The second-order valence-electron chi connectivity index (χ2n) is 5.91. The summed E-state index contributed by atoms with van der Waals surface area (Å²) in [5.74, 6) is 0. The topological polar surface area (TPSA) is 0 Å². The van der Waals surface area contributed by atoms with E-state index < -0.39 is 13.4 Å². The molecule has 4 aromatic rings. The van der Waals surface area contributed by atoms with Crippen LogP contribution in [0.4, 0.5) is 0 Å². The van der Waals surface area contributed by atoms with Gasteiger partial charge in [-0.2, -0.15) is 0 Å². The van der Waals surface area contributed by atoms with E-state index in [4.69, 9.17) is 0 Å². The Bertz CT molecular complexity index is 785. The molecule has 0 aromatic heterocycles. The van der Waals surface area contributed by atoms with Gasteiger partial charge in [0, 0.05) is 0 Å². The van der Waals surface area contributed by atoms with Gasteiger partial charge in [0.2, 0.25) is 0 Å². The Morgan fingerprint density at radius 2 is 0.586 bits per heavy atom. The van der Waals surface area contributed by atoms with Crippen molar-refractivity contribution in [2.24, 2.45) is 0 Å². The summed E-state index contributed by atoms with van der Waals surface area (Å²) in [5, 5.41) is 5.72. The molecule has 0 N–H and O–H groups in total. The Kier molecular flexibility index (Phi) is 9.11. The molecular formula is C26H26NiP2. The van der Waals surface area contributed by atoms with Gasteiger partial charge < -0.3 is 0 Å². The first-order valence-corrected chi connectivity index (χ1v) is 14.8. The summed E-state index contributed by atoms with van der Waals surface area (Å²) in [5.41, 5.74) is 0. The van der Waals surface area contributed by atoms with Crippen LogP contribution < -0.4 is 21.2 Å². The minimum atomic E-state index is -0.471. The van der Waals surface area contributed by atoms with Crippen molar-refractivity contribution in [3.63, 3.8) is 0 Å². The van der Waals surface area contributed by atoms with Gasteiger partial charge in [-0.3, -0.25) is 0 Å². The van der Waals surface area contributed by atoms with Crippen LogP contribution in [0.1, 0.15) is 13.8 Å². The number of hydrogen-bond acceptors (Lipinski definition) is 0. The van der Waals surface area contributed by atoms with Gasteiger partial charge >= 0.3 is 170 Å². The monoisotopic (exact) mass is 458 g/mol. The van der Waals surface area contributed by atoms with Gasteiger partial charge in [-0.15, -0.1) is 0 Å². The van der Waals surface area contributed by atoms with E-state index in [1.807, 2.05) is 27.4 Å². The predicted octanol–water partition coefficient (Wildman–Crippen LogP) is 6.19. The van der Waals surface area contributed by atoms with Crippen LogP contribution in [0.2, 0.25) is 0 Å². The molecule has 4 aromatic carbocycles. The van der Waals surface area contributed by atoms with Crippen molar-refractivity contribution in [2.75, 3.05) is 0 Å². The molecular weight excluding hydrogens is 433 g/mol. The molecule has 0 nitrogen and oxygen atoms in total. The molecule has 0 aliphatic carbocycles. The fourth-order valence-corrected chi connectivity index (χ4v) is 14.3. The normalized spacial score (nSPS) is 10.6. The molecule has 3 heteroatoms. The summed E-state index contributed by atoms with van der Waals surface area (Å²) < 4.78 is 0. The molecule has 0 radical (unpaired) electrons. The standard InChI is InChI=1S/2C12H10P.C2H6.Ni/c2*1-3-7-11(8-4-1)13-12-9-5-2-6-10-12;1-2;/h2*1-10H;1-2H3;/q2*-1;;+2. The van der Waals surface area contributed by atoms with Crippen molar-refractivity contribution in [3.05, 3.63) is 121 Å². The summed E-state index contributed by atoms with van der Waals surface area (Å²) in [7, 11) is 0. The van der Waals surface area contributed by atoms with E-state index in [0.29, 0.717) is 0 Å². The third-order valence-electron chi connectivity index (χ3n) is 3.99. The molecule has 0 bridgehead atoms. The Hall–Kier alpha value is -1.77. The number of benzene rings is 4. The maximum absolute atomic E-state index is 2.28. The summed E-state index contributed by atoms with van der Waals surface area (Å²) in [6.07, 6.45) is 0. The molecule has 0 aliphatic heterocycles. The van der Waals surface area contributed by atoms with Gasteiger partial charge in [0.25, 0.3) is 0 Å². The van der Waals surface area contributed by atoms with E-state index in [1.165, 1.54) is 21.2 Å². The maximum atomic E-state index is 2.28. The van der Waals surface area contributed by atoms with Crippen LogP contribution in [0.5, 0.6) is 0 Å². The molecule has 0 atom stereocenters. The third kappa shape index (κ3) is 6.11. The third-order valence-corrected chi connectivity index (χ3v) is 14.5. The van der Waals surface area contributed by atoms with Gasteiger partial charge in [-0.25, -0.2) is 0 Å². The average molecular weight is 459 g/mol. The average Bonchev–Trinajstić information content (AvgIpc) is 2.83. The molecule has 0 amide bonds. The Labute approximate surface area is 183 Å². The van der Waals surface area contributed by atoms with Crippen LogP contribution in [-0.2, 0) is 13.6 Å². The molecule has 29 heavy (non-hydrogen) atoms. The first-order chi connectivity index (χ1) is 14.4. The first kappa shape index (κ1) is 21.9. The van der Waals surface area contributed by atoms with Crippen molar-refractivity contribution in [2.45, 2.75) is 13.8 Å². The van der Waals surface area contributed by atoms with E-state index >= 15 is 0 Å². The van der Waals surface area contributed by atoms with Crippen molar-refractivity contribution in [3.8, 4) is 0 Å². The fraction of sp³-hybridized carbons (Fsp3) is 0.0769.